The van der Waals surface area contributed by atoms with E-state index in [9.17, 15) is 9.59 Å². The van der Waals surface area contributed by atoms with Crippen LogP contribution in [0.5, 0.6) is 0 Å². The first-order valence-corrected chi connectivity index (χ1v) is 6.14. The molecule has 0 aliphatic rings. The Bertz CT molecular complexity index is 478. The molecule has 0 aliphatic carbocycles. The normalized spacial score (nSPS) is 12.7. The van der Waals surface area contributed by atoms with Gasteiger partial charge in [0, 0.05) is 19.7 Å². The molecule has 1 N–H and O–H groups in total. The summed E-state index contributed by atoms with van der Waals surface area (Å²) < 4.78 is 11.3. The first-order chi connectivity index (χ1) is 9.21. The quantitative estimate of drug-likeness (QED) is 0.805. The number of carbonyl (C=O) groups is 2. The highest BCUT2D eigenvalue weighted by molar-refractivity contribution is 5.81. The molecule has 0 saturated heterocycles. The number of aromatic nitrogens is 3. The van der Waals surface area contributed by atoms with Crippen LogP contribution in [0.25, 0.3) is 0 Å². The molecule has 1 aromatic heterocycles. The predicted octanol–water partition coefficient (Wildman–Crippen LogP) is 0.424. The smallest absolute Gasteiger partial charge is 0.408 e. The van der Waals surface area contributed by atoms with E-state index >= 15 is 0 Å². The van der Waals surface area contributed by atoms with Gasteiger partial charge in [0.1, 0.15) is 11.6 Å². The van der Waals surface area contributed by atoms with Crippen molar-refractivity contribution in [3.8, 4) is 0 Å². The van der Waals surface area contributed by atoms with E-state index in [1.807, 2.05) is 0 Å². The first-order valence-electron chi connectivity index (χ1n) is 6.14. The second-order valence-electron chi connectivity index (χ2n) is 5.31. The largest absolute Gasteiger partial charge is 0.467 e. The molecule has 0 radical (unpaired) electrons. The molecule has 20 heavy (non-hydrogen) atoms. The number of amides is 1. The second-order valence-corrected chi connectivity index (χ2v) is 5.31. The number of nitrogens with one attached hydrogen (secondary N) is 1. The average Bonchev–Trinajstić information content (AvgIpc) is 2.70. The highest BCUT2D eigenvalue weighted by Crippen LogP contribution is 2.08. The molecule has 1 atom stereocenters. The molecule has 0 aromatic carbocycles. The summed E-state index contributed by atoms with van der Waals surface area (Å²) in [7, 11) is 2.97. The van der Waals surface area contributed by atoms with E-state index < -0.39 is 23.7 Å². The maximum Gasteiger partial charge on any atom is 0.408 e. The molecular weight excluding hydrogens is 264 g/mol. The Morgan fingerprint density at radius 1 is 1.45 bits per heavy atom. The van der Waals surface area contributed by atoms with Crippen LogP contribution in [0.1, 0.15) is 26.5 Å². The van der Waals surface area contributed by atoms with Gasteiger partial charge in [0.2, 0.25) is 0 Å². The Labute approximate surface area is 117 Å². The second kappa shape index (κ2) is 6.36. The molecule has 8 nitrogen and oxygen atoms in total. The SMILES string of the molecule is COC(=O)[C@@H](Cc1cn(C)nn1)NC(=O)OC(C)(C)C. The zero-order valence-corrected chi connectivity index (χ0v) is 12.3. The zero-order valence-electron chi connectivity index (χ0n) is 12.3. The summed E-state index contributed by atoms with van der Waals surface area (Å²) in [5, 5.41) is 10.1. The number of rotatable bonds is 4. The Morgan fingerprint density at radius 2 is 2.10 bits per heavy atom. The van der Waals surface area contributed by atoms with Gasteiger partial charge in [-0.2, -0.15) is 0 Å². The highest BCUT2D eigenvalue weighted by atomic mass is 16.6. The number of hydrogen-bond acceptors (Lipinski definition) is 6. The lowest BCUT2D eigenvalue weighted by Gasteiger charge is -2.22. The minimum Gasteiger partial charge on any atom is -0.467 e. The molecule has 0 fully saturated rings. The third-order valence-corrected chi connectivity index (χ3v) is 2.24. The van der Waals surface area contributed by atoms with E-state index in [0.29, 0.717) is 5.69 Å². The van der Waals surface area contributed by atoms with Crippen LogP contribution < -0.4 is 5.32 Å². The van der Waals surface area contributed by atoms with Crippen molar-refractivity contribution in [3.63, 3.8) is 0 Å². The van der Waals surface area contributed by atoms with E-state index in [2.05, 4.69) is 20.4 Å². The van der Waals surface area contributed by atoms with E-state index in [1.54, 1.807) is 34.0 Å². The van der Waals surface area contributed by atoms with Crippen molar-refractivity contribution in [1.82, 2.24) is 20.3 Å². The number of aryl methyl sites for hydroxylation is 1. The molecule has 0 unspecified atom stereocenters. The Kier molecular flexibility index (Phi) is 5.06. The van der Waals surface area contributed by atoms with Gasteiger partial charge in [-0.25, -0.2) is 9.59 Å². The third-order valence-electron chi connectivity index (χ3n) is 2.24. The molecule has 1 heterocycles. The lowest BCUT2D eigenvalue weighted by atomic mass is 10.1. The van der Waals surface area contributed by atoms with Crippen LogP contribution in [-0.4, -0.2) is 45.8 Å². The van der Waals surface area contributed by atoms with Crippen LogP contribution in [-0.2, 0) is 27.7 Å². The molecule has 0 aliphatic heterocycles. The van der Waals surface area contributed by atoms with E-state index in [4.69, 9.17) is 4.74 Å². The van der Waals surface area contributed by atoms with Crippen LogP contribution in [0.3, 0.4) is 0 Å². The molecule has 112 valence electrons. The molecule has 1 amide bonds. The number of methoxy groups -OCH3 is 1. The lowest BCUT2D eigenvalue weighted by molar-refractivity contribution is -0.143. The van der Waals surface area contributed by atoms with E-state index in [1.165, 1.54) is 11.8 Å². The third kappa shape index (κ3) is 5.25. The molecule has 0 bridgehead atoms. The number of carbonyl (C=O) groups excluding carboxylic acids is 2. The molecule has 0 spiro atoms. The van der Waals surface area contributed by atoms with Crippen LogP contribution in [0.4, 0.5) is 4.79 Å². The van der Waals surface area contributed by atoms with Crippen LogP contribution in [0, 0.1) is 0 Å². The molecular formula is C12H20N4O4. The fourth-order valence-electron chi connectivity index (χ4n) is 1.48. The van der Waals surface area contributed by atoms with Crippen molar-refractivity contribution in [2.75, 3.05) is 7.11 Å². The van der Waals surface area contributed by atoms with Gasteiger partial charge < -0.3 is 14.8 Å². The van der Waals surface area contributed by atoms with Crippen LogP contribution in [0.2, 0.25) is 0 Å². The molecule has 1 aromatic rings. The lowest BCUT2D eigenvalue weighted by Crippen LogP contribution is -2.45. The first kappa shape index (κ1) is 15.9. The summed E-state index contributed by atoms with van der Waals surface area (Å²) in [5.74, 6) is -0.568. The molecule has 1 rings (SSSR count). The Morgan fingerprint density at radius 3 is 2.55 bits per heavy atom. The van der Waals surface area contributed by atoms with Gasteiger partial charge in [-0.15, -0.1) is 5.10 Å². The fraction of sp³-hybridized carbons (Fsp3) is 0.667. The van der Waals surface area contributed by atoms with E-state index in [-0.39, 0.29) is 6.42 Å². The fourth-order valence-corrected chi connectivity index (χ4v) is 1.48. The van der Waals surface area contributed by atoms with Gasteiger partial charge in [0.25, 0.3) is 0 Å². The van der Waals surface area contributed by atoms with Gasteiger partial charge >= 0.3 is 12.1 Å². The van der Waals surface area contributed by atoms with Gasteiger partial charge in [0.15, 0.2) is 0 Å². The minimum absolute atomic E-state index is 0.180. The van der Waals surface area contributed by atoms with Crippen molar-refractivity contribution in [2.24, 2.45) is 7.05 Å². The van der Waals surface area contributed by atoms with Gasteiger partial charge in [-0.05, 0) is 20.8 Å². The monoisotopic (exact) mass is 284 g/mol. The number of alkyl carbamates (subject to hydrolysis) is 1. The topological polar surface area (TPSA) is 95.3 Å². The molecule has 8 heteroatoms. The number of esters is 1. The standard InChI is InChI=1S/C12H20N4O4/c1-12(2,3)20-11(18)13-9(10(17)19-5)6-8-7-16(4)15-14-8/h7,9H,6H2,1-5H3,(H,13,18)/t9-/m1/s1. The maximum absolute atomic E-state index is 11.7. The summed E-state index contributed by atoms with van der Waals surface area (Å²) in [6, 6.07) is -0.869. The summed E-state index contributed by atoms with van der Waals surface area (Å²) in [5.41, 5.74) is -0.0731. The maximum atomic E-state index is 11.7. The van der Waals surface area contributed by atoms with E-state index in [0.717, 1.165) is 0 Å². The Balaban J connectivity index is 2.70. The predicted molar refractivity (Wildman–Crippen MR) is 69.9 cm³/mol. The molecule has 0 saturated carbocycles. The minimum atomic E-state index is -0.869. The van der Waals surface area contributed by atoms with Gasteiger partial charge in [-0.3, -0.25) is 4.68 Å². The van der Waals surface area contributed by atoms with Crippen molar-refractivity contribution >= 4 is 12.1 Å². The number of nitrogens with zero attached hydrogens (tertiary/aromatic N) is 3. The van der Waals surface area contributed by atoms with Crippen molar-refractivity contribution in [3.05, 3.63) is 11.9 Å². The van der Waals surface area contributed by atoms with Gasteiger partial charge in [0.05, 0.1) is 12.8 Å². The highest BCUT2D eigenvalue weighted by Gasteiger charge is 2.26. The number of hydrogen-bond donors (Lipinski definition) is 1. The van der Waals surface area contributed by atoms with Crippen molar-refractivity contribution in [2.45, 2.75) is 38.8 Å². The summed E-state index contributed by atoms with van der Waals surface area (Å²) in [6.07, 6.45) is 1.16. The van der Waals surface area contributed by atoms with Crippen molar-refractivity contribution in [1.29, 1.82) is 0 Å². The Hall–Kier alpha value is -2.12. The van der Waals surface area contributed by atoms with Crippen LogP contribution >= 0.6 is 0 Å². The summed E-state index contributed by atoms with van der Waals surface area (Å²) in [6.45, 7) is 5.22. The zero-order chi connectivity index (χ0) is 15.3. The summed E-state index contributed by atoms with van der Waals surface area (Å²) >= 11 is 0. The van der Waals surface area contributed by atoms with Crippen LogP contribution in [0.15, 0.2) is 6.20 Å². The van der Waals surface area contributed by atoms with Crippen molar-refractivity contribution < 1.29 is 19.1 Å². The average molecular weight is 284 g/mol. The summed E-state index contributed by atoms with van der Waals surface area (Å²) in [4.78, 5) is 23.4. The number of ether oxygens (including phenoxy) is 2. The van der Waals surface area contributed by atoms with Gasteiger partial charge in [-0.1, -0.05) is 5.21 Å².